The molecule has 1 amide bonds. The number of nitrogens with zero attached hydrogens (tertiary/aromatic N) is 2. The fraction of sp³-hybridized carbons (Fsp3) is 0.381. The van der Waals surface area contributed by atoms with Gasteiger partial charge in [0.2, 0.25) is 0 Å². The standard InChI is InChI=1S/C21H18F4N4O2S/c1-9-3-11(31-17(24)25)6-27-15(9)16(30)28-10-4-12(14(23)13(22)5-10)19(2)20-7-21(20,8-20)32-18(26)29-19/h3-6,17H,7-8H2,1-2H3,(H2,26,29)(H,28,30)/t19-,20?,21?/m1/s1. The number of anilines is 1. The normalized spacial score (nSPS) is 29.7. The van der Waals surface area contributed by atoms with E-state index in [1.165, 1.54) is 30.8 Å². The van der Waals surface area contributed by atoms with E-state index in [1.54, 1.807) is 6.92 Å². The average Bonchev–Trinajstić information content (AvgIpc) is 3.51. The van der Waals surface area contributed by atoms with Gasteiger partial charge in [-0.25, -0.2) is 13.8 Å². The summed E-state index contributed by atoms with van der Waals surface area (Å²) in [6, 6.07) is 3.48. The van der Waals surface area contributed by atoms with Crippen LogP contribution in [0.3, 0.4) is 0 Å². The van der Waals surface area contributed by atoms with Gasteiger partial charge in [-0.2, -0.15) is 8.78 Å². The highest BCUT2D eigenvalue weighted by atomic mass is 32.2. The number of pyridine rings is 1. The third kappa shape index (κ3) is 2.90. The number of hydrogen-bond donors (Lipinski definition) is 2. The number of aliphatic imine (C=N–C) groups is 1. The fourth-order valence-electron chi connectivity index (χ4n) is 4.82. The summed E-state index contributed by atoms with van der Waals surface area (Å²) in [6.07, 6.45) is 2.63. The van der Waals surface area contributed by atoms with E-state index in [0.717, 1.165) is 25.1 Å². The zero-order valence-electron chi connectivity index (χ0n) is 17.0. The van der Waals surface area contributed by atoms with Crippen molar-refractivity contribution in [2.75, 3.05) is 5.32 Å². The molecule has 2 aromatic rings. The fourth-order valence-corrected chi connectivity index (χ4v) is 6.48. The topological polar surface area (TPSA) is 89.6 Å². The van der Waals surface area contributed by atoms with Gasteiger partial charge in [0.25, 0.3) is 5.91 Å². The zero-order valence-corrected chi connectivity index (χ0v) is 17.8. The van der Waals surface area contributed by atoms with Crippen LogP contribution in [-0.4, -0.2) is 27.4 Å². The summed E-state index contributed by atoms with van der Waals surface area (Å²) in [6.45, 7) is 0.211. The van der Waals surface area contributed by atoms with Crippen molar-refractivity contribution in [2.45, 2.75) is 43.6 Å². The summed E-state index contributed by atoms with van der Waals surface area (Å²) < 4.78 is 58.4. The Morgan fingerprint density at radius 2 is 2.00 bits per heavy atom. The molecule has 5 rings (SSSR count). The first-order chi connectivity index (χ1) is 15.0. The van der Waals surface area contributed by atoms with Crippen LogP contribution in [0.1, 0.15) is 41.4 Å². The average molecular weight is 466 g/mol. The summed E-state index contributed by atoms with van der Waals surface area (Å²) in [5.74, 6) is -3.06. The monoisotopic (exact) mass is 466 g/mol. The number of alkyl halides is 2. The highest BCUT2D eigenvalue weighted by molar-refractivity contribution is 8.15. The van der Waals surface area contributed by atoms with Gasteiger partial charge in [-0.3, -0.25) is 9.79 Å². The van der Waals surface area contributed by atoms with Crippen molar-refractivity contribution in [2.24, 2.45) is 16.1 Å². The maximum Gasteiger partial charge on any atom is 0.387 e. The van der Waals surface area contributed by atoms with Crippen molar-refractivity contribution in [3.05, 3.63) is 52.9 Å². The second kappa shape index (κ2) is 6.60. The summed E-state index contributed by atoms with van der Waals surface area (Å²) in [5, 5.41) is 2.84. The molecule has 0 radical (unpaired) electrons. The van der Waals surface area contributed by atoms with E-state index >= 15 is 0 Å². The number of thioether (sulfide) groups is 1. The van der Waals surface area contributed by atoms with Crippen LogP contribution >= 0.6 is 11.8 Å². The van der Waals surface area contributed by atoms with E-state index in [2.05, 4.69) is 20.0 Å². The van der Waals surface area contributed by atoms with Crippen LogP contribution < -0.4 is 15.8 Å². The number of carbonyl (C=O) groups is 1. The molecule has 2 heterocycles. The van der Waals surface area contributed by atoms with E-state index in [4.69, 9.17) is 5.73 Å². The van der Waals surface area contributed by atoms with Crippen LogP contribution in [0, 0.1) is 24.0 Å². The smallest absolute Gasteiger partial charge is 0.387 e. The molecule has 2 saturated carbocycles. The van der Waals surface area contributed by atoms with Crippen LogP contribution in [0.25, 0.3) is 0 Å². The summed E-state index contributed by atoms with van der Waals surface area (Å²) >= 11 is 1.48. The Balaban J connectivity index is 1.46. The molecule has 1 atom stereocenters. The molecule has 1 aliphatic heterocycles. The molecule has 2 fully saturated rings. The van der Waals surface area contributed by atoms with Gasteiger partial charge in [0, 0.05) is 27.5 Å². The third-order valence-electron chi connectivity index (χ3n) is 6.67. The van der Waals surface area contributed by atoms with Gasteiger partial charge in [-0.15, -0.1) is 0 Å². The molecule has 0 spiro atoms. The number of amides is 1. The van der Waals surface area contributed by atoms with Crippen molar-refractivity contribution in [1.82, 2.24) is 4.98 Å². The van der Waals surface area contributed by atoms with Gasteiger partial charge in [-0.05, 0) is 44.4 Å². The Bertz CT molecular complexity index is 1200. The van der Waals surface area contributed by atoms with Gasteiger partial charge in [0.15, 0.2) is 16.8 Å². The number of nitrogens with one attached hydrogen (secondary N) is 1. The molecular formula is C21H18F4N4O2S. The summed E-state index contributed by atoms with van der Waals surface area (Å²) in [5.41, 5.74) is 4.93. The number of ether oxygens (including phenoxy) is 1. The van der Waals surface area contributed by atoms with Crippen LogP contribution in [0.4, 0.5) is 23.2 Å². The third-order valence-corrected chi connectivity index (χ3v) is 8.04. The molecule has 2 aliphatic carbocycles. The number of hydrogen-bond acceptors (Lipinski definition) is 6. The van der Waals surface area contributed by atoms with Gasteiger partial charge < -0.3 is 15.8 Å². The largest absolute Gasteiger partial charge is 0.433 e. The summed E-state index contributed by atoms with van der Waals surface area (Å²) in [7, 11) is 0. The minimum absolute atomic E-state index is 0.0227. The lowest BCUT2D eigenvalue weighted by atomic mass is 9.81. The molecule has 3 N–H and O–H groups in total. The van der Waals surface area contributed by atoms with E-state index in [9.17, 15) is 22.4 Å². The van der Waals surface area contributed by atoms with Crippen molar-refractivity contribution in [3.8, 4) is 5.75 Å². The quantitative estimate of drug-likeness (QED) is 0.641. The van der Waals surface area contributed by atoms with Crippen molar-refractivity contribution in [3.63, 3.8) is 0 Å². The number of nitrogens with two attached hydrogens (primary N) is 1. The van der Waals surface area contributed by atoms with Gasteiger partial charge in [-0.1, -0.05) is 11.8 Å². The number of amidine groups is 1. The lowest BCUT2D eigenvalue weighted by Crippen LogP contribution is -2.33. The zero-order chi connectivity index (χ0) is 23.1. The number of aromatic nitrogens is 1. The molecule has 6 nitrogen and oxygen atoms in total. The number of aryl methyl sites for hydroxylation is 1. The first-order valence-electron chi connectivity index (χ1n) is 9.77. The molecule has 0 bridgehead atoms. The highest BCUT2D eigenvalue weighted by Crippen LogP contribution is 2.92. The number of benzene rings is 1. The lowest BCUT2D eigenvalue weighted by Gasteiger charge is -2.32. The molecule has 32 heavy (non-hydrogen) atoms. The number of carbonyl (C=O) groups excluding carboxylic acids is 1. The van der Waals surface area contributed by atoms with E-state index in [-0.39, 0.29) is 38.4 Å². The minimum Gasteiger partial charge on any atom is -0.433 e. The molecule has 3 aliphatic rings. The molecular weight excluding hydrogens is 448 g/mol. The van der Waals surface area contributed by atoms with Gasteiger partial charge in [0.1, 0.15) is 11.4 Å². The molecule has 0 saturated heterocycles. The SMILES string of the molecule is Cc1cc(OC(F)F)cnc1C(=O)Nc1cc(F)c(F)c([C@@]2(C)N=C(N)SC34CC32C4)c1. The number of halogens is 4. The van der Waals surface area contributed by atoms with Gasteiger partial charge in [0.05, 0.1) is 11.7 Å². The van der Waals surface area contributed by atoms with E-state index in [1.807, 2.05) is 0 Å². The van der Waals surface area contributed by atoms with Crippen molar-refractivity contribution < 1.29 is 27.1 Å². The number of rotatable bonds is 5. The van der Waals surface area contributed by atoms with Crippen LogP contribution in [0.2, 0.25) is 0 Å². The molecule has 11 heteroatoms. The predicted octanol–water partition coefficient (Wildman–Crippen LogP) is 4.33. The minimum atomic E-state index is -3.02. The second-order valence-electron chi connectivity index (χ2n) is 8.54. The predicted molar refractivity (Wildman–Crippen MR) is 111 cm³/mol. The Labute approximate surface area is 184 Å². The second-order valence-corrected chi connectivity index (χ2v) is 9.95. The lowest BCUT2D eigenvalue weighted by molar-refractivity contribution is -0.0501. The molecule has 1 aromatic heterocycles. The summed E-state index contributed by atoms with van der Waals surface area (Å²) in [4.78, 5) is 21.1. The molecule has 1 aromatic carbocycles. The first-order valence-corrected chi connectivity index (χ1v) is 10.6. The van der Waals surface area contributed by atoms with Crippen LogP contribution in [-0.2, 0) is 5.54 Å². The Morgan fingerprint density at radius 3 is 2.66 bits per heavy atom. The maximum absolute atomic E-state index is 14.9. The molecule has 0 unspecified atom stereocenters. The van der Waals surface area contributed by atoms with Gasteiger partial charge >= 0.3 is 6.61 Å². The Kier molecular flexibility index (Phi) is 4.34. The van der Waals surface area contributed by atoms with E-state index in [0.29, 0.717) is 5.17 Å². The van der Waals surface area contributed by atoms with Crippen LogP contribution in [0.15, 0.2) is 29.4 Å². The van der Waals surface area contributed by atoms with Crippen LogP contribution in [0.5, 0.6) is 5.75 Å². The van der Waals surface area contributed by atoms with Crippen molar-refractivity contribution >= 4 is 28.5 Å². The first kappa shape index (κ1) is 21.0. The highest BCUT2D eigenvalue weighted by Gasteiger charge is 2.91. The van der Waals surface area contributed by atoms with Crippen molar-refractivity contribution in [1.29, 1.82) is 0 Å². The Morgan fingerprint density at radius 1 is 1.28 bits per heavy atom. The Hall–Kier alpha value is -2.82. The molecule has 168 valence electrons. The maximum atomic E-state index is 14.9. The van der Waals surface area contributed by atoms with E-state index < -0.39 is 29.7 Å².